The number of carbonyl (C=O) groups excluding carboxylic acids is 3. The highest BCUT2D eigenvalue weighted by atomic mass is 35.5. The van der Waals surface area contributed by atoms with E-state index in [-0.39, 0.29) is 5.57 Å². The van der Waals surface area contributed by atoms with E-state index in [0.29, 0.717) is 13.0 Å². The lowest BCUT2D eigenvalue weighted by Gasteiger charge is -2.26. The third-order valence-corrected chi connectivity index (χ3v) is 6.02. The second kappa shape index (κ2) is 8.94. The van der Waals surface area contributed by atoms with Crippen molar-refractivity contribution >= 4 is 41.2 Å². The van der Waals surface area contributed by atoms with Gasteiger partial charge in [-0.25, -0.2) is 4.79 Å². The molecule has 0 spiro atoms. The molecule has 0 unspecified atom stereocenters. The predicted molar refractivity (Wildman–Crippen MR) is 121 cm³/mol. The molecule has 2 aliphatic heterocycles. The Morgan fingerprint density at radius 3 is 2.71 bits per heavy atom. The first-order valence-electron chi connectivity index (χ1n) is 10.5. The molecule has 2 aliphatic rings. The molecule has 0 atom stereocenters. The first-order chi connectivity index (χ1) is 15.0. The van der Waals surface area contributed by atoms with Crippen LogP contribution in [0.3, 0.4) is 0 Å². The lowest BCUT2D eigenvalue weighted by molar-refractivity contribution is -0.130. The number of halogens is 1. The Morgan fingerprint density at radius 2 is 1.94 bits per heavy atom. The number of barbiturate groups is 1. The number of amides is 4. The summed E-state index contributed by atoms with van der Waals surface area (Å²) in [5.74, 6) is -1.19. The van der Waals surface area contributed by atoms with Crippen LogP contribution in [0.1, 0.15) is 36.5 Å². The molecular weight excluding hydrogens is 414 g/mol. The minimum absolute atomic E-state index is 0.0124. The van der Waals surface area contributed by atoms with Crippen LogP contribution in [0.4, 0.5) is 10.5 Å². The average molecular weight is 438 g/mol. The molecule has 2 heterocycles. The first-order valence-corrected chi connectivity index (χ1v) is 10.9. The lowest BCUT2D eigenvalue weighted by atomic mass is 10.0. The number of urea groups is 1. The quantitative estimate of drug-likeness (QED) is 0.544. The van der Waals surface area contributed by atoms with Crippen molar-refractivity contribution in [3.05, 3.63) is 69.8 Å². The van der Waals surface area contributed by atoms with Crippen molar-refractivity contribution in [3.63, 3.8) is 0 Å². The van der Waals surface area contributed by atoms with Crippen molar-refractivity contribution in [1.29, 1.82) is 0 Å². The number of hydrogen-bond acceptors (Lipinski definition) is 4. The number of nitrogens with zero attached hydrogens (tertiary/aromatic N) is 2. The first kappa shape index (κ1) is 21.1. The van der Waals surface area contributed by atoms with E-state index in [1.165, 1.54) is 0 Å². The minimum atomic E-state index is -0.649. The molecule has 2 aromatic carbocycles. The molecule has 2 aromatic rings. The zero-order valence-corrected chi connectivity index (χ0v) is 18.1. The number of fused-ring (bicyclic) bond motifs is 1. The number of nitrogens with one attached hydrogen (secondary N) is 1. The third-order valence-electron chi connectivity index (χ3n) is 5.65. The van der Waals surface area contributed by atoms with Gasteiger partial charge >= 0.3 is 6.03 Å². The maximum Gasteiger partial charge on any atom is 0.331 e. The van der Waals surface area contributed by atoms with Crippen molar-refractivity contribution in [2.45, 2.75) is 32.7 Å². The zero-order chi connectivity index (χ0) is 22.0. The Labute approximate surface area is 186 Å². The van der Waals surface area contributed by atoms with Crippen LogP contribution in [0.5, 0.6) is 0 Å². The Morgan fingerprint density at radius 1 is 1.13 bits per heavy atom. The second-order valence-electron chi connectivity index (χ2n) is 7.78. The molecule has 0 bridgehead atoms. The van der Waals surface area contributed by atoms with Crippen LogP contribution in [0.2, 0.25) is 5.02 Å². The molecule has 4 amide bonds. The number of anilines is 1. The molecule has 160 valence electrons. The molecule has 0 aliphatic carbocycles. The fourth-order valence-corrected chi connectivity index (χ4v) is 4.15. The van der Waals surface area contributed by atoms with Gasteiger partial charge in [-0.2, -0.15) is 0 Å². The van der Waals surface area contributed by atoms with Crippen molar-refractivity contribution in [3.8, 4) is 0 Å². The van der Waals surface area contributed by atoms with Gasteiger partial charge in [0.05, 0.1) is 0 Å². The van der Waals surface area contributed by atoms with Gasteiger partial charge in [-0.05, 0) is 53.8 Å². The number of imide groups is 2. The van der Waals surface area contributed by atoms with Gasteiger partial charge in [-0.1, -0.05) is 49.2 Å². The van der Waals surface area contributed by atoms with Crippen LogP contribution in [-0.4, -0.2) is 35.8 Å². The molecule has 0 saturated carbocycles. The Balaban J connectivity index is 1.56. The highest BCUT2D eigenvalue weighted by molar-refractivity contribution is 6.31. The maximum absolute atomic E-state index is 12.7. The molecular formula is C24H24ClN3O3. The summed E-state index contributed by atoms with van der Waals surface area (Å²) in [4.78, 5) is 40.4. The highest BCUT2D eigenvalue weighted by Crippen LogP contribution is 2.32. The van der Waals surface area contributed by atoms with Gasteiger partial charge in [0.15, 0.2) is 0 Å². The molecule has 1 saturated heterocycles. The summed E-state index contributed by atoms with van der Waals surface area (Å²) in [6, 6.07) is 13.1. The summed E-state index contributed by atoms with van der Waals surface area (Å²) in [6.45, 7) is 3.88. The van der Waals surface area contributed by atoms with E-state index in [0.717, 1.165) is 58.2 Å². The molecule has 0 radical (unpaired) electrons. The van der Waals surface area contributed by atoms with Crippen LogP contribution >= 0.6 is 11.6 Å². The van der Waals surface area contributed by atoms with Gasteiger partial charge < -0.3 is 4.90 Å². The van der Waals surface area contributed by atoms with Crippen molar-refractivity contribution in [2.75, 3.05) is 18.0 Å². The lowest BCUT2D eigenvalue weighted by Crippen LogP contribution is -2.54. The van der Waals surface area contributed by atoms with Crippen molar-refractivity contribution < 1.29 is 14.4 Å². The molecule has 0 aromatic heterocycles. The third kappa shape index (κ3) is 4.35. The van der Waals surface area contributed by atoms with Crippen LogP contribution in [-0.2, 0) is 22.6 Å². The molecule has 1 fully saturated rings. The number of unbranched alkanes of at least 4 members (excludes halogenated alkanes) is 1. The van der Waals surface area contributed by atoms with E-state index in [9.17, 15) is 14.4 Å². The number of benzene rings is 2. The summed E-state index contributed by atoms with van der Waals surface area (Å²) in [6.07, 6.45) is 3.98. The van der Waals surface area contributed by atoms with Crippen LogP contribution in [0, 0.1) is 0 Å². The maximum atomic E-state index is 12.7. The van der Waals surface area contributed by atoms with E-state index in [4.69, 9.17) is 11.6 Å². The summed E-state index contributed by atoms with van der Waals surface area (Å²) < 4.78 is 0. The predicted octanol–water partition coefficient (Wildman–Crippen LogP) is 4.16. The molecule has 6 nitrogen and oxygen atoms in total. The van der Waals surface area contributed by atoms with Crippen LogP contribution in [0.15, 0.2) is 48.0 Å². The van der Waals surface area contributed by atoms with Crippen molar-refractivity contribution in [2.24, 2.45) is 0 Å². The molecule has 7 heteroatoms. The monoisotopic (exact) mass is 437 g/mol. The smallest absolute Gasteiger partial charge is 0.331 e. The topological polar surface area (TPSA) is 69.7 Å². The largest absolute Gasteiger partial charge is 0.367 e. The summed E-state index contributed by atoms with van der Waals surface area (Å²) >= 11 is 6.31. The Kier molecular flexibility index (Phi) is 6.09. The van der Waals surface area contributed by atoms with E-state index in [2.05, 4.69) is 10.2 Å². The van der Waals surface area contributed by atoms with Crippen LogP contribution in [0.25, 0.3) is 6.08 Å². The van der Waals surface area contributed by atoms with Gasteiger partial charge in [-0.3, -0.25) is 19.8 Å². The van der Waals surface area contributed by atoms with E-state index in [1.807, 2.05) is 49.4 Å². The van der Waals surface area contributed by atoms with E-state index in [1.54, 1.807) is 6.08 Å². The van der Waals surface area contributed by atoms with Gasteiger partial charge in [0, 0.05) is 30.3 Å². The number of carbonyl (C=O) groups is 3. The molecule has 31 heavy (non-hydrogen) atoms. The molecule has 1 N–H and O–H groups in total. The zero-order valence-electron chi connectivity index (χ0n) is 17.4. The summed E-state index contributed by atoms with van der Waals surface area (Å²) in [7, 11) is 0. The Bertz CT molecular complexity index is 1080. The second-order valence-corrected chi connectivity index (χ2v) is 8.19. The fourth-order valence-electron chi connectivity index (χ4n) is 3.96. The summed E-state index contributed by atoms with van der Waals surface area (Å²) in [5.41, 5.74) is 4.11. The van der Waals surface area contributed by atoms with Gasteiger partial charge in [0.25, 0.3) is 11.8 Å². The van der Waals surface area contributed by atoms with Gasteiger partial charge in [0.2, 0.25) is 0 Å². The number of rotatable bonds is 6. The minimum Gasteiger partial charge on any atom is -0.367 e. The highest BCUT2D eigenvalue weighted by Gasteiger charge is 2.35. The Hall–Kier alpha value is -3.12. The fraction of sp³-hybridized carbons (Fsp3) is 0.292. The van der Waals surface area contributed by atoms with E-state index < -0.39 is 17.8 Å². The van der Waals surface area contributed by atoms with E-state index >= 15 is 0 Å². The average Bonchev–Trinajstić information content (AvgIpc) is 3.14. The standard InChI is InChI=1S/C24H24ClN3O3/c1-2-3-11-28-23(30)19(22(29)26-24(28)31)14-16-8-9-21-17(13-16)10-12-27(21)15-18-6-4-5-7-20(18)25/h4-9,13-14H,2-3,10-12,15H2,1H3,(H,26,29,31). The van der Waals surface area contributed by atoms with Crippen LogP contribution < -0.4 is 10.2 Å². The SMILES string of the molecule is CCCCN1C(=O)NC(=O)C(=Cc2ccc3c(c2)CCN3Cc2ccccc2Cl)C1=O. The number of hydrogen-bond donors (Lipinski definition) is 1. The van der Waals surface area contributed by atoms with Crippen molar-refractivity contribution in [1.82, 2.24) is 10.2 Å². The van der Waals surface area contributed by atoms with Gasteiger partial charge in [-0.15, -0.1) is 0 Å². The summed E-state index contributed by atoms with van der Waals surface area (Å²) in [5, 5.41) is 3.02. The van der Waals surface area contributed by atoms with Gasteiger partial charge in [0.1, 0.15) is 5.57 Å². The normalized spacial score (nSPS) is 17.4. The molecule has 4 rings (SSSR count).